The van der Waals surface area contributed by atoms with Gasteiger partial charge in [0.15, 0.2) is 12.6 Å². The predicted octanol–water partition coefficient (Wildman–Crippen LogP) is 1.68. The van der Waals surface area contributed by atoms with Crippen LogP contribution in [-0.4, -0.2) is 66.3 Å². The molecule has 2 rings (SSSR count). The first-order valence-electron chi connectivity index (χ1n) is 8.11. The summed E-state index contributed by atoms with van der Waals surface area (Å²) < 4.78 is 28.9. The van der Waals surface area contributed by atoms with Crippen LogP contribution in [0.5, 0.6) is 0 Å². The van der Waals surface area contributed by atoms with Crippen LogP contribution in [0.1, 0.15) is 40.5 Å². The molecule has 0 aromatic rings. The Hall–Kier alpha value is -0.300. The summed E-state index contributed by atoms with van der Waals surface area (Å²) in [6, 6.07) is 0.00706. The fourth-order valence-corrected chi connectivity index (χ4v) is 3.78. The van der Waals surface area contributed by atoms with Crippen molar-refractivity contribution in [2.24, 2.45) is 0 Å². The third kappa shape index (κ3) is 3.38. The minimum atomic E-state index is -1.02. The molecule has 21 heavy (non-hydrogen) atoms. The highest BCUT2D eigenvalue weighted by molar-refractivity contribution is 4.95. The number of rotatable bonds is 5. The van der Waals surface area contributed by atoms with Crippen molar-refractivity contribution in [3.05, 3.63) is 0 Å². The lowest BCUT2D eigenvalue weighted by Gasteiger charge is -2.34. The summed E-state index contributed by atoms with van der Waals surface area (Å²) in [6.07, 6.45) is -0.607. The van der Waals surface area contributed by atoms with Gasteiger partial charge >= 0.3 is 0 Å². The molecule has 2 saturated heterocycles. The van der Waals surface area contributed by atoms with Gasteiger partial charge in [-0.25, -0.2) is 8.78 Å². The number of likely N-dealkylation sites (tertiary alicyclic amines) is 2. The van der Waals surface area contributed by atoms with Crippen molar-refractivity contribution in [2.45, 2.75) is 83.5 Å². The Kier molecular flexibility index (Phi) is 5.57. The molecule has 6 heteroatoms. The largest absolute Gasteiger partial charge is 0.313 e. The van der Waals surface area contributed by atoms with E-state index in [4.69, 9.17) is 0 Å². The fraction of sp³-hybridized carbons (Fsp3) is 1.00. The molecule has 0 saturated carbocycles. The van der Waals surface area contributed by atoms with E-state index in [1.807, 2.05) is 37.5 Å². The lowest BCUT2D eigenvalue weighted by Crippen LogP contribution is -2.55. The van der Waals surface area contributed by atoms with Gasteiger partial charge in [-0.05, 0) is 47.6 Å². The molecule has 0 aromatic carbocycles. The number of hydrogen-bond donors (Lipinski definition) is 2. The van der Waals surface area contributed by atoms with Crippen LogP contribution >= 0.6 is 0 Å². The van der Waals surface area contributed by atoms with E-state index in [1.165, 1.54) is 0 Å². The highest BCUT2D eigenvalue weighted by Crippen LogP contribution is 2.28. The molecular weight excluding hydrogens is 274 g/mol. The Morgan fingerprint density at radius 2 is 1.76 bits per heavy atom. The summed E-state index contributed by atoms with van der Waals surface area (Å²) in [5.74, 6) is 0. The van der Waals surface area contributed by atoms with Crippen molar-refractivity contribution in [1.82, 2.24) is 20.4 Å². The van der Waals surface area contributed by atoms with E-state index in [0.29, 0.717) is 0 Å². The van der Waals surface area contributed by atoms with Gasteiger partial charge in [0.2, 0.25) is 0 Å². The Labute approximate surface area is 127 Å². The molecule has 4 nitrogen and oxygen atoms in total. The zero-order valence-corrected chi connectivity index (χ0v) is 13.8. The van der Waals surface area contributed by atoms with Crippen LogP contribution in [-0.2, 0) is 0 Å². The highest BCUT2D eigenvalue weighted by atomic mass is 19.1. The molecule has 124 valence electrons. The van der Waals surface area contributed by atoms with Crippen molar-refractivity contribution in [1.29, 1.82) is 0 Å². The van der Waals surface area contributed by atoms with Crippen molar-refractivity contribution in [3.63, 3.8) is 0 Å². The smallest absolute Gasteiger partial charge is 0.170 e. The third-order valence-electron chi connectivity index (χ3n) is 5.00. The number of alkyl halides is 2. The molecular formula is C15H30F2N4. The summed E-state index contributed by atoms with van der Waals surface area (Å²) in [5.41, 5.74) is 0. The number of nitrogens with one attached hydrogen (secondary N) is 2. The topological polar surface area (TPSA) is 30.5 Å². The molecule has 2 fully saturated rings. The molecule has 0 bridgehead atoms. The molecule has 2 aliphatic heterocycles. The first kappa shape index (κ1) is 17.1. The highest BCUT2D eigenvalue weighted by Gasteiger charge is 2.43. The van der Waals surface area contributed by atoms with E-state index >= 15 is 0 Å². The molecule has 0 radical (unpaired) electrons. The van der Waals surface area contributed by atoms with Gasteiger partial charge in [0.25, 0.3) is 0 Å². The number of halogens is 2. The molecule has 0 aromatic heterocycles. The number of nitrogens with zero attached hydrogens (tertiary/aromatic N) is 2. The zero-order valence-electron chi connectivity index (χ0n) is 13.8. The Balaban J connectivity index is 1.94. The first-order valence-corrected chi connectivity index (χ1v) is 8.11. The van der Waals surface area contributed by atoms with Crippen molar-refractivity contribution in [2.75, 3.05) is 13.6 Å². The SMILES string of the molecule is CNC1CC(C)N(C(C)NC2CCN(C(C)C)C2F)C1F. The van der Waals surface area contributed by atoms with Gasteiger partial charge in [-0.2, -0.15) is 0 Å². The van der Waals surface area contributed by atoms with Crippen LogP contribution in [0, 0.1) is 0 Å². The molecule has 6 unspecified atom stereocenters. The standard InChI is InChI=1S/C15H30F2N4/c1-9(2)20-7-6-12(14(20)16)19-11(4)21-10(3)8-13(18-5)15(21)17/h9-15,18-19H,6-8H2,1-5H3. The number of likely N-dealkylation sites (N-methyl/N-ethyl adjacent to an activating group) is 1. The Morgan fingerprint density at radius 1 is 1.10 bits per heavy atom. The van der Waals surface area contributed by atoms with Gasteiger partial charge in [0, 0.05) is 18.6 Å². The van der Waals surface area contributed by atoms with Crippen molar-refractivity contribution >= 4 is 0 Å². The maximum Gasteiger partial charge on any atom is 0.170 e. The second kappa shape index (κ2) is 6.86. The quantitative estimate of drug-likeness (QED) is 0.757. The van der Waals surface area contributed by atoms with Gasteiger partial charge in [-0.3, -0.25) is 15.1 Å². The van der Waals surface area contributed by atoms with E-state index in [-0.39, 0.29) is 30.3 Å². The van der Waals surface area contributed by atoms with Crippen LogP contribution in [0.15, 0.2) is 0 Å². The molecule has 6 atom stereocenters. The Bertz CT molecular complexity index is 342. The van der Waals surface area contributed by atoms with Crippen LogP contribution < -0.4 is 10.6 Å². The van der Waals surface area contributed by atoms with Gasteiger partial charge in [0.05, 0.1) is 18.2 Å². The maximum absolute atomic E-state index is 14.4. The fourth-order valence-electron chi connectivity index (χ4n) is 3.78. The lowest BCUT2D eigenvalue weighted by atomic mass is 10.2. The van der Waals surface area contributed by atoms with E-state index < -0.39 is 12.6 Å². The lowest BCUT2D eigenvalue weighted by molar-refractivity contribution is 0.0167. The van der Waals surface area contributed by atoms with E-state index in [9.17, 15) is 8.78 Å². The Morgan fingerprint density at radius 3 is 2.24 bits per heavy atom. The molecule has 0 spiro atoms. The van der Waals surface area contributed by atoms with Crippen LogP contribution in [0.2, 0.25) is 0 Å². The van der Waals surface area contributed by atoms with Crippen molar-refractivity contribution < 1.29 is 8.78 Å². The summed E-state index contributed by atoms with van der Waals surface area (Å²) in [6.45, 7) is 8.75. The van der Waals surface area contributed by atoms with Gasteiger partial charge in [0.1, 0.15) is 0 Å². The van der Waals surface area contributed by atoms with Crippen LogP contribution in [0.3, 0.4) is 0 Å². The zero-order chi connectivity index (χ0) is 15.7. The minimum Gasteiger partial charge on any atom is -0.313 e. The van der Waals surface area contributed by atoms with E-state index in [2.05, 4.69) is 10.6 Å². The molecule has 0 aliphatic carbocycles. The normalized spacial score (nSPS) is 40.3. The van der Waals surface area contributed by atoms with Gasteiger partial charge in [-0.15, -0.1) is 0 Å². The molecule has 2 N–H and O–H groups in total. The average molecular weight is 304 g/mol. The van der Waals surface area contributed by atoms with Gasteiger partial charge in [-0.1, -0.05) is 0 Å². The second-order valence-electron chi connectivity index (χ2n) is 6.74. The van der Waals surface area contributed by atoms with Crippen LogP contribution in [0.25, 0.3) is 0 Å². The second-order valence-corrected chi connectivity index (χ2v) is 6.74. The third-order valence-corrected chi connectivity index (χ3v) is 5.00. The summed E-state index contributed by atoms with van der Waals surface area (Å²) in [5, 5.41) is 6.33. The van der Waals surface area contributed by atoms with Crippen LogP contribution in [0.4, 0.5) is 8.78 Å². The summed E-state index contributed by atoms with van der Waals surface area (Å²) >= 11 is 0. The van der Waals surface area contributed by atoms with Gasteiger partial charge < -0.3 is 5.32 Å². The predicted molar refractivity (Wildman–Crippen MR) is 81.4 cm³/mol. The molecule has 2 aliphatic rings. The molecule has 2 heterocycles. The minimum absolute atomic E-state index is 0.138. The summed E-state index contributed by atoms with van der Waals surface area (Å²) in [4.78, 5) is 3.69. The van der Waals surface area contributed by atoms with Crippen molar-refractivity contribution in [3.8, 4) is 0 Å². The molecule has 0 amide bonds. The average Bonchev–Trinajstić information content (AvgIpc) is 2.90. The van der Waals surface area contributed by atoms with E-state index in [1.54, 1.807) is 7.05 Å². The first-order chi connectivity index (χ1) is 9.86. The van der Waals surface area contributed by atoms with E-state index in [0.717, 1.165) is 19.4 Å². The monoisotopic (exact) mass is 304 g/mol. The summed E-state index contributed by atoms with van der Waals surface area (Å²) in [7, 11) is 1.79. The maximum atomic E-state index is 14.4. The number of hydrogen-bond acceptors (Lipinski definition) is 4.